The monoisotopic (exact) mass is 1020 g/mol. The first-order valence-electron chi connectivity index (χ1n) is 23.7. The molecular formula is C41H102O11Si9. The quantitative estimate of drug-likeness (QED) is 0.0457. The Morgan fingerprint density at radius 2 is 0.508 bits per heavy atom. The molecule has 0 radical (unpaired) electrons. The predicted octanol–water partition coefficient (Wildman–Crippen LogP) is 12.0. The summed E-state index contributed by atoms with van der Waals surface area (Å²) in [6.45, 7) is 48.2. The molecule has 0 spiro atoms. The number of rotatable bonds is 37. The Labute approximate surface area is 387 Å². The number of hydrogen-bond acceptors (Lipinski definition) is 11. The molecule has 0 aromatic rings. The summed E-state index contributed by atoms with van der Waals surface area (Å²) in [5.74, 6) is 0. The molecule has 0 saturated carbocycles. The maximum Gasteiger partial charge on any atom is 0.314 e. The van der Waals surface area contributed by atoms with Crippen LogP contribution in [0.3, 0.4) is 0 Å². The molecule has 0 aliphatic heterocycles. The van der Waals surface area contributed by atoms with Crippen LogP contribution < -0.4 is 0 Å². The van der Waals surface area contributed by atoms with Gasteiger partial charge in [0, 0.05) is 19.8 Å². The van der Waals surface area contributed by atoms with Crippen LogP contribution in [0.25, 0.3) is 0 Å². The SMILES string of the molecule is C[Si](C)(C)O[Si](C)(CCCCCOC([C@H](CO)OCCCCC[Si](C)(O[Si](C)(C)C)O[Si](C)(C)C)[C@@H](CO)OCCCCC[Si](C)(O[Si](C)(C)C)O[Si](C)(C)C)O[Si](C)(C)C. The smallest absolute Gasteiger partial charge is 0.314 e. The van der Waals surface area contributed by atoms with E-state index in [1.54, 1.807) is 0 Å². The van der Waals surface area contributed by atoms with E-state index in [1.165, 1.54) is 0 Å². The minimum Gasteiger partial charge on any atom is -0.437 e. The number of ether oxygens (including phenoxy) is 3. The van der Waals surface area contributed by atoms with Crippen molar-refractivity contribution in [3.05, 3.63) is 0 Å². The van der Waals surface area contributed by atoms with Gasteiger partial charge in [-0.3, -0.25) is 0 Å². The first kappa shape index (κ1) is 62.5. The van der Waals surface area contributed by atoms with Gasteiger partial charge in [0.1, 0.15) is 18.3 Å². The fourth-order valence-electron chi connectivity index (χ4n) is 8.08. The minimum atomic E-state index is -2.30. The van der Waals surface area contributed by atoms with Crippen molar-refractivity contribution < 1.29 is 49.1 Å². The molecule has 0 bridgehead atoms. The van der Waals surface area contributed by atoms with Crippen LogP contribution in [0.1, 0.15) is 57.8 Å². The van der Waals surface area contributed by atoms with Gasteiger partial charge in [-0.2, -0.15) is 0 Å². The van der Waals surface area contributed by atoms with Crippen LogP contribution in [0.2, 0.25) is 156 Å². The van der Waals surface area contributed by atoms with E-state index in [2.05, 4.69) is 137 Å². The molecule has 0 amide bonds. The molecule has 3 atom stereocenters. The molecule has 368 valence electrons. The number of hydrogen-bond donors (Lipinski definition) is 2. The second-order valence-electron chi connectivity index (χ2n) is 23.6. The summed E-state index contributed by atoms with van der Waals surface area (Å²) in [5, 5.41) is 21.3. The first-order valence-corrected chi connectivity index (χ1v) is 51.7. The van der Waals surface area contributed by atoms with Crippen molar-refractivity contribution >= 4 is 75.6 Å². The molecule has 0 aliphatic rings. The average Bonchev–Trinajstić information content (AvgIpc) is 2.99. The lowest BCUT2D eigenvalue weighted by molar-refractivity contribution is -0.160. The molecule has 0 saturated heterocycles. The van der Waals surface area contributed by atoms with Crippen molar-refractivity contribution in [3.63, 3.8) is 0 Å². The summed E-state index contributed by atoms with van der Waals surface area (Å²) in [5.41, 5.74) is 0. The Bertz CT molecular complexity index is 1060. The van der Waals surface area contributed by atoms with E-state index in [-0.39, 0.29) is 13.2 Å². The van der Waals surface area contributed by atoms with Gasteiger partial charge in [0.15, 0.2) is 49.9 Å². The van der Waals surface area contributed by atoms with Gasteiger partial charge in [-0.1, -0.05) is 38.5 Å². The van der Waals surface area contributed by atoms with E-state index in [9.17, 15) is 10.2 Å². The van der Waals surface area contributed by atoms with Crippen LogP contribution in [0.4, 0.5) is 0 Å². The summed E-state index contributed by atoms with van der Waals surface area (Å²) in [7, 11) is -17.4. The predicted molar refractivity (Wildman–Crippen MR) is 281 cm³/mol. The highest BCUT2D eigenvalue weighted by Gasteiger charge is 2.42. The first-order chi connectivity index (χ1) is 27.4. The summed E-state index contributed by atoms with van der Waals surface area (Å²) in [6.07, 6.45) is 6.69. The number of aliphatic hydroxyl groups excluding tert-OH is 2. The van der Waals surface area contributed by atoms with E-state index in [4.69, 9.17) is 38.9 Å². The zero-order valence-corrected chi connectivity index (χ0v) is 52.8. The molecule has 20 heteroatoms. The van der Waals surface area contributed by atoms with E-state index in [1.807, 2.05) is 0 Å². The zero-order valence-electron chi connectivity index (χ0n) is 43.8. The fourth-order valence-corrected chi connectivity index (χ4v) is 45.9. The third kappa shape index (κ3) is 34.5. The lowest BCUT2D eigenvalue weighted by atomic mass is 10.1. The standard InChI is InChI=1S/C41H102O11Si9/c1-53(2,3)47-59(19,48-54(4,5)6)34-28-22-25-31-44-39(37-42)41(46-33-27-24-30-36-61(21,51-57(13,14)15)52-58(16,17)18)40(38-43)45-32-26-23-29-35-60(20,49-55(7,8)9)50-56(10,11)12/h39-43H,22-38H2,1-21H3/t39-,40+,41?. The zero-order chi connectivity index (χ0) is 47.6. The molecular weight excluding hydrogens is 921 g/mol. The van der Waals surface area contributed by atoms with Gasteiger partial charge in [-0.25, -0.2) is 0 Å². The van der Waals surface area contributed by atoms with Gasteiger partial charge in [-0.05, 0) is 175 Å². The van der Waals surface area contributed by atoms with E-state index < -0.39 is 93.9 Å². The topological polar surface area (TPSA) is 124 Å². The summed E-state index contributed by atoms with van der Waals surface area (Å²) in [4.78, 5) is 0. The Morgan fingerprint density at radius 3 is 0.705 bits per heavy atom. The molecule has 1 unspecified atom stereocenters. The van der Waals surface area contributed by atoms with Crippen LogP contribution in [0.15, 0.2) is 0 Å². The molecule has 0 aromatic heterocycles. The Kier molecular flexibility index (Phi) is 28.2. The Morgan fingerprint density at radius 1 is 0.295 bits per heavy atom. The van der Waals surface area contributed by atoms with Crippen LogP contribution in [-0.4, -0.2) is 137 Å². The molecule has 0 aliphatic carbocycles. The van der Waals surface area contributed by atoms with Crippen LogP contribution in [0.5, 0.6) is 0 Å². The van der Waals surface area contributed by atoms with Gasteiger partial charge in [0.05, 0.1) is 13.2 Å². The third-order valence-corrected chi connectivity index (χ3v) is 37.9. The third-order valence-electron chi connectivity index (χ3n) is 9.03. The molecule has 0 aromatic carbocycles. The normalized spacial score (nSPS) is 16.0. The van der Waals surface area contributed by atoms with Crippen molar-refractivity contribution in [1.29, 1.82) is 0 Å². The summed E-state index contributed by atoms with van der Waals surface area (Å²) < 4.78 is 59.6. The highest BCUT2D eigenvalue weighted by atomic mass is 28.5. The lowest BCUT2D eigenvalue weighted by Gasteiger charge is -2.38. The van der Waals surface area contributed by atoms with Gasteiger partial charge in [0.25, 0.3) is 0 Å². The highest BCUT2D eigenvalue weighted by Crippen LogP contribution is 2.29. The Balaban J connectivity index is 5.66. The van der Waals surface area contributed by atoms with Gasteiger partial charge < -0.3 is 49.1 Å². The molecule has 61 heavy (non-hydrogen) atoms. The maximum atomic E-state index is 10.7. The van der Waals surface area contributed by atoms with Crippen molar-refractivity contribution in [2.75, 3.05) is 33.0 Å². The van der Waals surface area contributed by atoms with Crippen LogP contribution in [-0.2, 0) is 38.9 Å². The van der Waals surface area contributed by atoms with Gasteiger partial charge in [0.2, 0.25) is 0 Å². The lowest BCUT2D eigenvalue weighted by Crippen LogP contribution is -2.52. The van der Waals surface area contributed by atoms with E-state index in [0.29, 0.717) is 19.8 Å². The summed E-state index contributed by atoms with van der Waals surface area (Å²) in [6, 6.07) is 2.89. The van der Waals surface area contributed by atoms with Crippen LogP contribution >= 0.6 is 0 Å². The molecule has 0 heterocycles. The second kappa shape index (κ2) is 27.5. The largest absolute Gasteiger partial charge is 0.437 e. The van der Waals surface area contributed by atoms with Crippen LogP contribution in [0, 0.1) is 0 Å². The second-order valence-corrected chi connectivity index (χ2v) is 62.2. The summed E-state index contributed by atoms with van der Waals surface area (Å²) >= 11 is 0. The Hall–Kier alpha value is 1.51. The number of unbranched alkanes of at least 4 members (excludes halogenated alkanes) is 6. The molecule has 0 rings (SSSR count). The van der Waals surface area contributed by atoms with Crippen molar-refractivity contribution in [3.8, 4) is 0 Å². The van der Waals surface area contributed by atoms with E-state index in [0.717, 1.165) is 75.9 Å². The fraction of sp³-hybridized carbons (Fsp3) is 1.00. The molecule has 11 nitrogen and oxygen atoms in total. The van der Waals surface area contributed by atoms with Gasteiger partial charge >= 0.3 is 25.7 Å². The molecule has 2 N–H and O–H groups in total. The van der Waals surface area contributed by atoms with Crippen molar-refractivity contribution in [2.45, 2.75) is 232 Å². The van der Waals surface area contributed by atoms with Crippen molar-refractivity contribution in [1.82, 2.24) is 0 Å². The maximum absolute atomic E-state index is 10.7. The number of aliphatic hydroxyl groups is 2. The van der Waals surface area contributed by atoms with E-state index >= 15 is 0 Å². The van der Waals surface area contributed by atoms with Gasteiger partial charge in [-0.15, -0.1) is 0 Å². The van der Waals surface area contributed by atoms with Crippen molar-refractivity contribution in [2.24, 2.45) is 0 Å². The molecule has 0 fully saturated rings. The minimum absolute atomic E-state index is 0.215. The highest BCUT2D eigenvalue weighted by molar-refractivity contribution is 6.89. The average molecular weight is 1020 g/mol.